The molecule has 66 heavy (non-hydrogen) atoms. The minimum Gasteiger partial charge on any atom is -0.273 e. The Morgan fingerprint density at radius 2 is 0.530 bits per heavy atom. The van der Waals surface area contributed by atoms with Gasteiger partial charge in [-0.1, -0.05) is 72.8 Å². The monoisotopic (exact) mass is 900 g/mol. The first-order valence-electron chi connectivity index (χ1n) is 20.8. The molecule has 0 N–H and O–H groups in total. The molecule has 0 bridgehead atoms. The zero-order valence-electron chi connectivity index (χ0n) is 35.9. The van der Waals surface area contributed by atoms with Crippen molar-refractivity contribution < 1.29 is 40.7 Å². The van der Waals surface area contributed by atoms with Crippen LogP contribution in [0.2, 0.25) is 0 Å². The molecular weight excluding hydrogens is 859 g/mol. The molecule has 0 aliphatic carbocycles. The lowest BCUT2D eigenvalue weighted by Crippen LogP contribution is -2.24. The van der Waals surface area contributed by atoms with E-state index in [1.165, 1.54) is 109 Å². The molecule has 15 heteroatoms. The topological polar surface area (TPSA) is 98.0 Å². The van der Waals surface area contributed by atoms with Gasteiger partial charge < -0.3 is 0 Å². The molecule has 9 rings (SSSR count). The normalized spacial score (nSPS) is 17.5. The summed E-state index contributed by atoms with van der Waals surface area (Å²) >= 11 is 0. The van der Waals surface area contributed by atoms with E-state index in [0.717, 1.165) is 33.4 Å². The number of hydrogen-bond acceptors (Lipinski definition) is 6. The highest BCUT2D eigenvalue weighted by molar-refractivity contribution is 6.04. The first-order valence-corrected chi connectivity index (χ1v) is 20.8. The first kappa shape index (κ1) is 46.3. The summed E-state index contributed by atoms with van der Waals surface area (Å²) in [5, 5.41) is 17.2. The van der Waals surface area contributed by atoms with Gasteiger partial charge in [0.15, 0.2) is 0 Å². The summed E-state index contributed by atoms with van der Waals surface area (Å²) in [6, 6.07) is 35.3. The Morgan fingerprint density at radius 1 is 0.348 bits per heavy atom. The van der Waals surface area contributed by atoms with E-state index in [1.807, 2.05) is 0 Å². The SMILES string of the molecule is CC(=O)N1N=C(c2ccc(F)cc2)C[C@@H]1c1ccc(F)cc1.CC(=O)N1N=C(c2ccc(F)cc2)C[C@H]1c1ccc(F)cc1.CC(=O)N1N=C(c2ccc(F)cc2)C[C@H]1c1ccc(F)cc1. The average molecular weight is 901 g/mol. The van der Waals surface area contributed by atoms with Gasteiger partial charge in [-0.3, -0.25) is 14.4 Å². The number of benzene rings is 6. The van der Waals surface area contributed by atoms with Gasteiger partial charge in [0, 0.05) is 40.0 Å². The molecule has 3 atom stereocenters. The van der Waals surface area contributed by atoms with Crippen molar-refractivity contribution in [3.05, 3.63) is 214 Å². The van der Waals surface area contributed by atoms with Gasteiger partial charge in [-0.2, -0.15) is 15.3 Å². The Kier molecular flexibility index (Phi) is 14.3. The van der Waals surface area contributed by atoms with Gasteiger partial charge in [-0.25, -0.2) is 41.4 Å². The van der Waals surface area contributed by atoms with Crippen LogP contribution in [0.15, 0.2) is 161 Å². The molecule has 6 aromatic rings. The highest BCUT2D eigenvalue weighted by atomic mass is 19.1. The second kappa shape index (κ2) is 20.4. The van der Waals surface area contributed by atoms with Crippen LogP contribution in [-0.4, -0.2) is 49.9 Å². The summed E-state index contributed by atoms with van der Waals surface area (Å²) < 4.78 is 78.2. The molecule has 3 amide bonds. The molecule has 0 fully saturated rings. The third kappa shape index (κ3) is 11.2. The summed E-state index contributed by atoms with van der Waals surface area (Å²) in [6.45, 7) is 4.31. The largest absolute Gasteiger partial charge is 0.273 e. The van der Waals surface area contributed by atoms with Crippen molar-refractivity contribution in [3.8, 4) is 0 Å². The Labute approximate surface area is 377 Å². The molecular formula is C51H42F6N6O3. The predicted octanol–water partition coefficient (Wildman–Crippen LogP) is 11.0. The van der Waals surface area contributed by atoms with Crippen LogP contribution in [0, 0.1) is 34.9 Å². The molecule has 336 valence electrons. The van der Waals surface area contributed by atoms with Gasteiger partial charge in [-0.05, 0) is 106 Å². The van der Waals surface area contributed by atoms with Crippen molar-refractivity contribution in [2.24, 2.45) is 15.3 Å². The fourth-order valence-electron chi connectivity index (χ4n) is 7.69. The average Bonchev–Trinajstić information content (AvgIpc) is 4.08. The van der Waals surface area contributed by atoms with Crippen LogP contribution in [0.25, 0.3) is 0 Å². The first-order chi connectivity index (χ1) is 31.6. The Morgan fingerprint density at radius 3 is 0.712 bits per heavy atom. The zero-order valence-corrected chi connectivity index (χ0v) is 35.9. The fourth-order valence-corrected chi connectivity index (χ4v) is 7.69. The van der Waals surface area contributed by atoms with Gasteiger partial charge in [0.1, 0.15) is 34.9 Å². The Bertz CT molecular complexity index is 2480. The van der Waals surface area contributed by atoms with E-state index in [4.69, 9.17) is 0 Å². The third-order valence-corrected chi connectivity index (χ3v) is 11.0. The molecule has 0 unspecified atom stereocenters. The van der Waals surface area contributed by atoms with Crippen LogP contribution >= 0.6 is 0 Å². The second-order valence-corrected chi connectivity index (χ2v) is 15.6. The molecule has 3 aliphatic heterocycles. The van der Waals surface area contributed by atoms with E-state index >= 15 is 0 Å². The van der Waals surface area contributed by atoms with Crippen LogP contribution in [0.5, 0.6) is 0 Å². The number of amides is 3. The lowest BCUT2D eigenvalue weighted by atomic mass is 9.98. The van der Waals surface area contributed by atoms with Crippen LogP contribution in [0.1, 0.15) is 91.5 Å². The quantitative estimate of drug-likeness (QED) is 0.156. The van der Waals surface area contributed by atoms with Gasteiger partial charge in [-0.15, -0.1) is 0 Å². The predicted molar refractivity (Wildman–Crippen MR) is 238 cm³/mol. The summed E-state index contributed by atoms with van der Waals surface area (Å²) in [6.07, 6.45) is 1.53. The van der Waals surface area contributed by atoms with E-state index in [-0.39, 0.29) is 70.8 Å². The maximum atomic E-state index is 13.1. The Hall–Kier alpha value is -7.68. The number of rotatable bonds is 6. The molecule has 6 aromatic carbocycles. The highest BCUT2D eigenvalue weighted by Crippen LogP contribution is 2.35. The van der Waals surface area contributed by atoms with Gasteiger partial charge in [0.25, 0.3) is 0 Å². The summed E-state index contributed by atoms with van der Waals surface area (Å²) in [5.74, 6) is -2.49. The summed E-state index contributed by atoms with van der Waals surface area (Å²) in [5.41, 5.74) is 6.91. The van der Waals surface area contributed by atoms with Crippen molar-refractivity contribution in [1.29, 1.82) is 0 Å². The number of halogens is 6. The number of hydrazone groups is 3. The lowest BCUT2D eigenvalue weighted by Gasteiger charge is -2.20. The van der Waals surface area contributed by atoms with E-state index in [9.17, 15) is 40.7 Å². The van der Waals surface area contributed by atoms with Crippen LogP contribution in [0.4, 0.5) is 26.3 Å². The van der Waals surface area contributed by atoms with Gasteiger partial charge >= 0.3 is 0 Å². The Balaban J connectivity index is 0.000000147. The van der Waals surface area contributed by atoms with Crippen molar-refractivity contribution in [2.45, 2.75) is 58.2 Å². The van der Waals surface area contributed by atoms with Crippen molar-refractivity contribution in [1.82, 2.24) is 15.0 Å². The van der Waals surface area contributed by atoms with E-state index < -0.39 is 0 Å². The number of carbonyl (C=O) groups excluding carboxylic acids is 3. The van der Waals surface area contributed by atoms with Crippen molar-refractivity contribution >= 4 is 34.9 Å². The summed E-state index contributed by atoms with van der Waals surface area (Å²) in [7, 11) is 0. The zero-order chi connectivity index (χ0) is 47.1. The van der Waals surface area contributed by atoms with Gasteiger partial charge in [0.05, 0.1) is 35.3 Å². The number of hydrogen-bond donors (Lipinski definition) is 0. The van der Waals surface area contributed by atoms with Crippen molar-refractivity contribution in [2.75, 3.05) is 0 Å². The molecule has 3 aliphatic rings. The maximum Gasteiger partial charge on any atom is 0.240 e. The number of nitrogens with zero attached hydrogens (tertiary/aromatic N) is 6. The van der Waals surface area contributed by atoms with Gasteiger partial charge in [0.2, 0.25) is 17.7 Å². The molecule has 9 nitrogen and oxygen atoms in total. The van der Waals surface area contributed by atoms with Crippen LogP contribution in [0.3, 0.4) is 0 Å². The van der Waals surface area contributed by atoms with E-state index in [0.29, 0.717) is 36.4 Å². The van der Waals surface area contributed by atoms with E-state index in [2.05, 4.69) is 15.3 Å². The fraction of sp³-hybridized carbons (Fsp3) is 0.176. The van der Waals surface area contributed by atoms with Crippen molar-refractivity contribution in [3.63, 3.8) is 0 Å². The third-order valence-electron chi connectivity index (χ3n) is 11.0. The molecule has 0 saturated carbocycles. The number of carbonyl (C=O) groups is 3. The molecule has 0 aromatic heterocycles. The standard InChI is InChI=1S/3C17H14F2N2O/c3*1-11(22)21-17(13-4-8-15(19)9-5-13)10-16(20-21)12-2-6-14(18)7-3-12/h3*2-9,17H,10H2,1H3/t3*17-/m100/s1. The van der Waals surface area contributed by atoms with Crippen LogP contribution in [-0.2, 0) is 14.4 Å². The molecule has 3 heterocycles. The minimum absolute atomic E-state index is 0.188. The minimum atomic E-state index is -0.323. The van der Waals surface area contributed by atoms with Crippen LogP contribution < -0.4 is 0 Å². The highest BCUT2D eigenvalue weighted by Gasteiger charge is 2.34. The molecule has 0 saturated heterocycles. The second-order valence-electron chi connectivity index (χ2n) is 15.6. The van der Waals surface area contributed by atoms with E-state index in [1.54, 1.807) is 72.8 Å². The molecule has 0 spiro atoms. The summed E-state index contributed by atoms with van der Waals surface area (Å²) in [4.78, 5) is 35.4. The smallest absolute Gasteiger partial charge is 0.240 e. The maximum absolute atomic E-state index is 13.1. The lowest BCUT2D eigenvalue weighted by molar-refractivity contribution is -0.131. The molecule has 0 radical (unpaired) electrons.